The molecule has 0 saturated carbocycles. The number of aromatic nitrogens is 2. The minimum absolute atomic E-state index is 0.151. The Kier molecular flexibility index (Phi) is 3.28. The highest BCUT2D eigenvalue weighted by Gasteiger charge is 2.48. The zero-order chi connectivity index (χ0) is 17.8. The van der Waals surface area contributed by atoms with E-state index in [0.29, 0.717) is 54.0 Å². The van der Waals surface area contributed by atoms with Crippen LogP contribution in [0, 0.1) is 13.8 Å². The van der Waals surface area contributed by atoms with Gasteiger partial charge in [0.15, 0.2) is 0 Å². The molecule has 2 saturated heterocycles. The first kappa shape index (κ1) is 15.6. The van der Waals surface area contributed by atoms with Crippen LogP contribution in [0.3, 0.4) is 0 Å². The first-order valence-electron chi connectivity index (χ1n) is 8.06. The number of rotatable bonds is 1. The molecule has 1 spiro atoms. The van der Waals surface area contributed by atoms with Gasteiger partial charge < -0.3 is 14.7 Å². The highest BCUT2D eigenvalue weighted by atomic mass is 16.5. The molecule has 0 aromatic carbocycles. The maximum absolute atomic E-state index is 13.0. The fourth-order valence-electron chi connectivity index (χ4n) is 3.53. The molecule has 9 heteroatoms. The van der Waals surface area contributed by atoms with E-state index in [2.05, 4.69) is 20.8 Å². The number of carbonyl (C=O) groups is 3. The van der Waals surface area contributed by atoms with Crippen LogP contribution in [-0.2, 0) is 4.79 Å². The van der Waals surface area contributed by atoms with Crippen LogP contribution < -0.4 is 10.6 Å². The predicted molar refractivity (Wildman–Crippen MR) is 85.8 cm³/mol. The van der Waals surface area contributed by atoms with Crippen molar-refractivity contribution in [2.45, 2.75) is 32.2 Å². The SMILES string of the molecule is Cc1cc(C(=O)N2CCC3(CC2)NC(=O)NC3=O)c2c(C)noc2n1. The second-order valence-corrected chi connectivity index (χ2v) is 6.54. The van der Waals surface area contributed by atoms with Crippen LogP contribution >= 0.6 is 0 Å². The molecule has 2 aliphatic heterocycles. The Morgan fingerprint density at radius 3 is 2.64 bits per heavy atom. The van der Waals surface area contributed by atoms with Gasteiger partial charge in [0.2, 0.25) is 0 Å². The first-order valence-corrected chi connectivity index (χ1v) is 8.06. The second-order valence-electron chi connectivity index (χ2n) is 6.54. The van der Waals surface area contributed by atoms with E-state index in [0.717, 1.165) is 0 Å². The Morgan fingerprint density at radius 2 is 2.00 bits per heavy atom. The van der Waals surface area contributed by atoms with Crippen LogP contribution in [0.1, 0.15) is 34.6 Å². The molecule has 4 rings (SSSR count). The molecule has 2 N–H and O–H groups in total. The number of fused-ring (bicyclic) bond motifs is 1. The van der Waals surface area contributed by atoms with Crippen molar-refractivity contribution in [2.24, 2.45) is 0 Å². The van der Waals surface area contributed by atoms with E-state index >= 15 is 0 Å². The summed E-state index contributed by atoms with van der Waals surface area (Å²) in [7, 11) is 0. The molecule has 0 aliphatic carbocycles. The van der Waals surface area contributed by atoms with Crippen molar-refractivity contribution in [3.8, 4) is 0 Å². The molecule has 4 heterocycles. The van der Waals surface area contributed by atoms with Crippen LogP contribution in [0.25, 0.3) is 11.1 Å². The van der Waals surface area contributed by atoms with Gasteiger partial charge in [-0.05, 0) is 32.8 Å². The Morgan fingerprint density at radius 1 is 1.28 bits per heavy atom. The molecule has 0 atom stereocenters. The fourth-order valence-corrected chi connectivity index (χ4v) is 3.53. The standard InChI is InChI=1S/C16H17N5O4/c1-8-7-10(11-9(2)20-25-12(11)17-8)13(22)21-5-3-16(4-6-21)14(23)18-15(24)19-16/h7H,3-6H2,1-2H3,(H2,18,19,23,24). The van der Waals surface area contributed by atoms with Crippen molar-refractivity contribution in [2.75, 3.05) is 13.1 Å². The van der Waals surface area contributed by atoms with Gasteiger partial charge in [-0.3, -0.25) is 14.9 Å². The minimum Gasteiger partial charge on any atom is -0.338 e. The predicted octanol–water partition coefficient (Wildman–Crippen LogP) is 0.654. The molecule has 9 nitrogen and oxygen atoms in total. The third kappa shape index (κ3) is 2.34. The second kappa shape index (κ2) is 5.27. The van der Waals surface area contributed by atoms with Gasteiger partial charge in [-0.2, -0.15) is 0 Å². The van der Waals surface area contributed by atoms with Gasteiger partial charge >= 0.3 is 6.03 Å². The Labute approximate surface area is 142 Å². The van der Waals surface area contributed by atoms with Crippen molar-refractivity contribution in [3.63, 3.8) is 0 Å². The largest absolute Gasteiger partial charge is 0.338 e. The summed E-state index contributed by atoms with van der Waals surface area (Å²) in [5.74, 6) is -0.469. The van der Waals surface area contributed by atoms with E-state index < -0.39 is 11.6 Å². The molecule has 2 aromatic heterocycles. The summed E-state index contributed by atoms with van der Waals surface area (Å²) in [6.07, 6.45) is 0.762. The van der Waals surface area contributed by atoms with Crippen molar-refractivity contribution in [3.05, 3.63) is 23.0 Å². The van der Waals surface area contributed by atoms with Crippen LogP contribution in [0.2, 0.25) is 0 Å². The van der Waals surface area contributed by atoms with Crippen LogP contribution in [0.5, 0.6) is 0 Å². The molecule has 2 aliphatic rings. The zero-order valence-corrected chi connectivity index (χ0v) is 13.9. The third-order valence-electron chi connectivity index (χ3n) is 4.89. The van der Waals surface area contributed by atoms with Gasteiger partial charge in [0.25, 0.3) is 17.5 Å². The van der Waals surface area contributed by atoms with E-state index in [4.69, 9.17) is 4.52 Å². The summed E-state index contributed by atoms with van der Waals surface area (Å²) in [5.41, 5.74) is 1.23. The lowest BCUT2D eigenvalue weighted by atomic mass is 9.87. The number of aryl methyl sites for hydroxylation is 2. The molecular weight excluding hydrogens is 326 g/mol. The minimum atomic E-state index is -0.898. The fraction of sp³-hybridized carbons (Fsp3) is 0.438. The van der Waals surface area contributed by atoms with Crippen molar-refractivity contribution in [1.82, 2.24) is 25.7 Å². The average Bonchev–Trinajstić information content (AvgIpc) is 3.07. The lowest BCUT2D eigenvalue weighted by Crippen LogP contribution is -2.55. The number of hydrogen-bond acceptors (Lipinski definition) is 6. The number of urea groups is 1. The number of piperidine rings is 1. The lowest BCUT2D eigenvalue weighted by Gasteiger charge is -2.37. The zero-order valence-electron chi connectivity index (χ0n) is 13.9. The normalized spacial score (nSPS) is 19.4. The van der Waals surface area contributed by atoms with Gasteiger partial charge in [0.1, 0.15) is 5.54 Å². The molecule has 2 aromatic rings. The molecule has 2 fully saturated rings. The topological polar surface area (TPSA) is 117 Å². The number of likely N-dealkylation sites (tertiary alicyclic amines) is 1. The number of amides is 4. The van der Waals surface area contributed by atoms with E-state index in [-0.39, 0.29) is 11.8 Å². The number of carbonyl (C=O) groups excluding carboxylic acids is 3. The molecule has 4 amide bonds. The summed E-state index contributed by atoms with van der Waals surface area (Å²) in [5, 5.41) is 9.46. The van der Waals surface area contributed by atoms with Crippen LogP contribution in [0.15, 0.2) is 10.6 Å². The van der Waals surface area contributed by atoms with Crippen LogP contribution in [0.4, 0.5) is 4.79 Å². The third-order valence-corrected chi connectivity index (χ3v) is 4.89. The Hall–Kier alpha value is -2.97. The Bertz CT molecular complexity index is 911. The number of imide groups is 1. The van der Waals surface area contributed by atoms with Crippen molar-refractivity contribution >= 4 is 28.9 Å². The summed E-state index contributed by atoms with van der Waals surface area (Å²) < 4.78 is 5.18. The molecule has 25 heavy (non-hydrogen) atoms. The van der Waals surface area contributed by atoms with Crippen molar-refractivity contribution in [1.29, 1.82) is 0 Å². The van der Waals surface area contributed by atoms with Gasteiger partial charge in [-0.15, -0.1) is 0 Å². The Balaban J connectivity index is 1.60. The van der Waals surface area contributed by atoms with Crippen molar-refractivity contribution < 1.29 is 18.9 Å². The van der Waals surface area contributed by atoms with Gasteiger partial charge in [-0.25, -0.2) is 9.78 Å². The molecule has 0 radical (unpaired) electrons. The lowest BCUT2D eigenvalue weighted by molar-refractivity contribution is -0.125. The quantitative estimate of drug-likeness (QED) is 0.734. The number of pyridine rings is 1. The maximum atomic E-state index is 13.0. The van der Waals surface area contributed by atoms with Gasteiger partial charge in [0, 0.05) is 18.8 Å². The molecule has 0 unspecified atom stereocenters. The van der Waals surface area contributed by atoms with Crippen LogP contribution in [-0.4, -0.2) is 51.5 Å². The van der Waals surface area contributed by atoms with E-state index in [1.807, 2.05) is 0 Å². The van der Waals surface area contributed by atoms with Gasteiger partial charge in [-0.1, -0.05) is 5.16 Å². The molecular formula is C16H17N5O4. The highest BCUT2D eigenvalue weighted by Crippen LogP contribution is 2.28. The summed E-state index contributed by atoms with van der Waals surface area (Å²) >= 11 is 0. The van der Waals surface area contributed by atoms with E-state index in [9.17, 15) is 14.4 Å². The monoisotopic (exact) mass is 343 g/mol. The maximum Gasteiger partial charge on any atom is 0.322 e. The number of nitrogens with zero attached hydrogens (tertiary/aromatic N) is 3. The first-order chi connectivity index (χ1) is 11.9. The van der Waals surface area contributed by atoms with Gasteiger partial charge in [0.05, 0.1) is 16.6 Å². The average molecular weight is 343 g/mol. The summed E-state index contributed by atoms with van der Waals surface area (Å²) in [4.78, 5) is 42.4. The summed E-state index contributed by atoms with van der Waals surface area (Å²) in [6.45, 7) is 4.31. The molecule has 130 valence electrons. The molecule has 0 bridgehead atoms. The smallest absolute Gasteiger partial charge is 0.322 e. The van der Waals surface area contributed by atoms with E-state index in [1.54, 1.807) is 24.8 Å². The number of hydrogen-bond donors (Lipinski definition) is 2. The van der Waals surface area contributed by atoms with E-state index in [1.165, 1.54) is 0 Å². The number of nitrogens with one attached hydrogen (secondary N) is 2. The summed E-state index contributed by atoms with van der Waals surface area (Å²) in [6, 6.07) is 1.25. The highest BCUT2D eigenvalue weighted by molar-refractivity contribution is 6.08.